The van der Waals surface area contributed by atoms with Crippen LogP contribution < -0.4 is 5.73 Å². The second-order valence-corrected chi connectivity index (χ2v) is 3.66. The van der Waals surface area contributed by atoms with Crippen molar-refractivity contribution in [1.82, 2.24) is 4.90 Å². The van der Waals surface area contributed by atoms with Crippen LogP contribution in [0.15, 0.2) is 0 Å². The number of hydrogen-bond acceptors (Lipinski definition) is 3. The summed E-state index contributed by atoms with van der Waals surface area (Å²) in [5, 5.41) is 8.96. The van der Waals surface area contributed by atoms with Crippen LogP contribution in [0.3, 0.4) is 0 Å². The molecule has 1 atom stereocenters. The third-order valence-electron chi connectivity index (χ3n) is 2.02. The summed E-state index contributed by atoms with van der Waals surface area (Å²) < 4.78 is 0. The number of carbonyl (C=O) groups excluding carboxylic acids is 1. The first-order valence-corrected chi connectivity index (χ1v) is 3.97. The average molecular weight is 174 g/mol. The predicted molar refractivity (Wildman–Crippen MR) is 47.6 cm³/mol. The predicted octanol–water partition coefficient (Wildman–Crippen LogP) is -0.437. The number of nitrogens with zero attached hydrogens (tertiary/aromatic N) is 1. The van der Waals surface area contributed by atoms with Crippen molar-refractivity contribution >= 4 is 5.91 Å². The largest absolute Gasteiger partial charge is 0.394 e. The van der Waals surface area contributed by atoms with Gasteiger partial charge in [0.25, 0.3) is 0 Å². The Balaban J connectivity index is 4.38. The summed E-state index contributed by atoms with van der Waals surface area (Å²) in [5.41, 5.74) is 4.88. The number of rotatable bonds is 3. The Morgan fingerprint density at radius 2 is 2.08 bits per heavy atom. The van der Waals surface area contributed by atoms with Gasteiger partial charge in [-0.25, -0.2) is 0 Å². The maximum atomic E-state index is 11.3. The van der Waals surface area contributed by atoms with E-state index in [1.807, 2.05) is 0 Å². The molecule has 0 radical (unpaired) electrons. The Kier molecular flexibility index (Phi) is 3.67. The van der Waals surface area contributed by atoms with E-state index in [0.717, 1.165) is 0 Å². The standard InChI is InChI=1S/C8H18N2O2/c1-6(9)7(12)10(4)8(2,3)5-11/h6,11H,5,9H2,1-4H3. The maximum Gasteiger partial charge on any atom is 0.239 e. The van der Waals surface area contributed by atoms with E-state index < -0.39 is 11.6 Å². The second-order valence-electron chi connectivity index (χ2n) is 3.66. The van der Waals surface area contributed by atoms with Gasteiger partial charge in [0, 0.05) is 7.05 Å². The summed E-state index contributed by atoms with van der Waals surface area (Å²) in [6.07, 6.45) is 0. The van der Waals surface area contributed by atoms with Crippen LogP contribution in [-0.4, -0.2) is 41.1 Å². The SMILES string of the molecule is CC(N)C(=O)N(C)C(C)(C)CO. The van der Waals surface area contributed by atoms with Crippen molar-refractivity contribution in [2.45, 2.75) is 32.4 Å². The molecule has 1 amide bonds. The van der Waals surface area contributed by atoms with Crippen molar-refractivity contribution in [2.24, 2.45) is 5.73 Å². The molecule has 12 heavy (non-hydrogen) atoms. The first-order valence-electron chi connectivity index (χ1n) is 3.97. The summed E-state index contributed by atoms with van der Waals surface area (Å²) in [4.78, 5) is 12.8. The lowest BCUT2D eigenvalue weighted by molar-refractivity contribution is -0.137. The van der Waals surface area contributed by atoms with Crippen molar-refractivity contribution in [3.05, 3.63) is 0 Å². The molecule has 0 bridgehead atoms. The molecule has 0 aliphatic heterocycles. The van der Waals surface area contributed by atoms with Gasteiger partial charge in [0.2, 0.25) is 5.91 Å². The number of carbonyl (C=O) groups is 1. The van der Waals surface area contributed by atoms with Gasteiger partial charge in [-0.15, -0.1) is 0 Å². The Hall–Kier alpha value is -0.610. The molecule has 0 rings (SSSR count). The van der Waals surface area contributed by atoms with Gasteiger partial charge in [-0.3, -0.25) is 4.79 Å². The van der Waals surface area contributed by atoms with Gasteiger partial charge >= 0.3 is 0 Å². The van der Waals surface area contributed by atoms with E-state index in [-0.39, 0.29) is 12.5 Å². The maximum absolute atomic E-state index is 11.3. The molecule has 0 heterocycles. The summed E-state index contributed by atoms with van der Waals surface area (Å²) in [6, 6.07) is -0.513. The van der Waals surface area contributed by atoms with Crippen LogP contribution in [0.4, 0.5) is 0 Å². The molecule has 1 unspecified atom stereocenters. The molecular weight excluding hydrogens is 156 g/mol. The van der Waals surface area contributed by atoms with Crippen molar-refractivity contribution in [3.8, 4) is 0 Å². The van der Waals surface area contributed by atoms with E-state index in [2.05, 4.69) is 0 Å². The lowest BCUT2D eigenvalue weighted by Crippen LogP contribution is -2.52. The highest BCUT2D eigenvalue weighted by Crippen LogP contribution is 2.11. The monoisotopic (exact) mass is 174 g/mol. The number of hydrogen-bond donors (Lipinski definition) is 2. The number of aliphatic hydroxyl groups excluding tert-OH is 1. The number of likely N-dealkylation sites (N-methyl/N-ethyl adjacent to an activating group) is 1. The fraction of sp³-hybridized carbons (Fsp3) is 0.875. The van der Waals surface area contributed by atoms with E-state index in [9.17, 15) is 4.79 Å². The third-order valence-corrected chi connectivity index (χ3v) is 2.02. The highest BCUT2D eigenvalue weighted by molar-refractivity contribution is 5.81. The van der Waals surface area contributed by atoms with Gasteiger partial charge in [0.05, 0.1) is 18.2 Å². The van der Waals surface area contributed by atoms with E-state index in [1.54, 1.807) is 27.8 Å². The van der Waals surface area contributed by atoms with Gasteiger partial charge in [-0.05, 0) is 20.8 Å². The van der Waals surface area contributed by atoms with Crippen LogP contribution in [0.2, 0.25) is 0 Å². The van der Waals surface area contributed by atoms with Crippen LogP contribution in [-0.2, 0) is 4.79 Å². The first-order chi connectivity index (χ1) is 5.33. The Morgan fingerprint density at radius 3 is 2.33 bits per heavy atom. The van der Waals surface area contributed by atoms with Crippen LogP contribution in [0, 0.1) is 0 Å². The van der Waals surface area contributed by atoms with Crippen molar-refractivity contribution in [2.75, 3.05) is 13.7 Å². The molecule has 0 aliphatic carbocycles. The number of amides is 1. The molecule has 0 aromatic heterocycles. The Labute approximate surface area is 73.3 Å². The third kappa shape index (κ3) is 2.46. The van der Waals surface area contributed by atoms with Crippen LogP contribution in [0.1, 0.15) is 20.8 Å². The average Bonchev–Trinajstić information content (AvgIpc) is 2.01. The summed E-state index contributed by atoms with van der Waals surface area (Å²) >= 11 is 0. The normalized spacial score (nSPS) is 14.2. The molecule has 0 spiro atoms. The number of nitrogens with two attached hydrogens (primary N) is 1. The minimum Gasteiger partial charge on any atom is -0.394 e. The number of aliphatic hydroxyl groups is 1. The van der Waals surface area contributed by atoms with Crippen LogP contribution in [0.25, 0.3) is 0 Å². The molecule has 3 N–H and O–H groups in total. The zero-order chi connectivity index (χ0) is 9.94. The van der Waals surface area contributed by atoms with Gasteiger partial charge < -0.3 is 15.7 Å². The molecule has 0 aromatic rings. The molecule has 0 saturated heterocycles. The van der Waals surface area contributed by atoms with Gasteiger partial charge in [-0.1, -0.05) is 0 Å². The Bertz CT molecular complexity index is 166. The topological polar surface area (TPSA) is 66.6 Å². The van der Waals surface area contributed by atoms with Crippen LogP contribution in [0.5, 0.6) is 0 Å². The minimum atomic E-state index is -0.537. The van der Waals surface area contributed by atoms with E-state index in [0.29, 0.717) is 0 Å². The zero-order valence-corrected chi connectivity index (χ0v) is 8.16. The fourth-order valence-corrected chi connectivity index (χ4v) is 0.710. The zero-order valence-electron chi connectivity index (χ0n) is 8.16. The molecule has 72 valence electrons. The molecule has 4 heteroatoms. The Morgan fingerprint density at radius 1 is 1.67 bits per heavy atom. The lowest BCUT2D eigenvalue weighted by atomic mass is 10.0. The lowest BCUT2D eigenvalue weighted by Gasteiger charge is -2.34. The van der Waals surface area contributed by atoms with E-state index in [4.69, 9.17) is 10.8 Å². The smallest absolute Gasteiger partial charge is 0.239 e. The van der Waals surface area contributed by atoms with E-state index >= 15 is 0 Å². The van der Waals surface area contributed by atoms with Crippen molar-refractivity contribution in [3.63, 3.8) is 0 Å². The van der Waals surface area contributed by atoms with Crippen LogP contribution >= 0.6 is 0 Å². The second kappa shape index (κ2) is 3.87. The van der Waals surface area contributed by atoms with Gasteiger partial charge in [0.15, 0.2) is 0 Å². The first kappa shape index (κ1) is 11.4. The molecular formula is C8H18N2O2. The molecule has 0 saturated carbocycles. The molecule has 0 fully saturated rings. The van der Waals surface area contributed by atoms with Crippen molar-refractivity contribution < 1.29 is 9.90 Å². The van der Waals surface area contributed by atoms with Gasteiger partial charge in [-0.2, -0.15) is 0 Å². The fourth-order valence-electron chi connectivity index (χ4n) is 0.710. The highest BCUT2D eigenvalue weighted by atomic mass is 16.3. The van der Waals surface area contributed by atoms with Crippen molar-refractivity contribution in [1.29, 1.82) is 0 Å². The minimum absolute atomic E-state index is 0.0675. The quantitative estimate of drug-likeness (QED) is 0.609. The summed E-state index contributed by atoms with van der Waals surface area (Å²) in [5.74, 6) is -0.158. The summed E-state index contributed by atoms with van der Waals surface area (Å²) in [7, 11) is 1.64. The van der Waals surface area contributed by atoms with Gasteiger partial charge in [0.1, 0.15) is 0 Å². The molecule has 4 nitrogen and oxygen atoms in total. The molecule has 0 aliphatic rings. The van der Waals surface area contributed by atoms with E-state index in [1.165, 1.54) is 4.90 Å². The highest BCUT2D eigenvalue weighted by Gasteiger charge is 2.28. The summed E-state index contributed by atoms with van der Waals surface area (Å²) in [6.45, 7) is 5.13. The molecule has 0 aromatic carbocycles.